The number of hydrogen-bond donors (Lipinski definition) is 1. The Hall–Kier alpha value is -1.81. The summed E-state index contributed by atoms with van der Waals surface area (Å²) < 4.78 is 0. The van der Waals surface area contributed by atoms with Gasteiger partial charge in [0.15, 0.2) is 5.41 Å². The lowest BCUT2D eigenvalue weighted by atomic mass is 9.86. The molecule has 0 atom stereocenters. The first-order chi connectivity index (χ1) is 6.55. The third kappa shape index (κ3) is 2.60. The number of allylic oxidation sites excluding steroid dienone is 1. The Balaban J connectivity index is 5.20. The van der Waals surface area contributed by atoms with Gasteiger partial charge in [0.2, 0.25) is 0 Å². The van der Waals surface area contributed by atoms with Gasteiger partial charge in [-0.15, -0.1) is 0 Å². The van der Waals surface area contributed by atoms with E-state index in [-0.39, 0.29) is 12.0 Å². The van der Waals surface area contributed by atoms with Gasteiger partial charge >= 0.3 is 5.97 Å². The number of nitriles is 2. The number of aliphatic carboxylic acids is 1. The fraction of sp³-hybridized carbons (Fsp3) is 0.500. The summed E-state index contributed by atoms with van der Waals surface area (Å²) in [5, 5.41) is 26.3. The minimum absolute atomic E-state index is 0.106. The highest BCUT2D eigenvalue weighted by Gasteiger charge is 2.26. The maximum absolute atomic E-state index is 10.7. The first kappa shape index (κ1) is 12.2. The SMILES string of the molecule is CCC(=CC(C#N)(C#N)CC)C(=O)O. The summed E-state index contributed by atoms with van der Waals surface area (Å²) in [6.07, 6.45) is 1.84. The number of carboxylic acid groups (broad SMARTS) is 1. The van der Waals surface area contributed by atoms with E-state index in [1.54, 1.807) is 13.8 Å². The van der Waals surface area contributed by atoms with Crippen molar-refractivity contribution in [1.82, 2.24) is 0 Å². The van der Waals surface area contributed by atoms with Gasteiger partial charge in [-0.3, -0.25) is 0 Å². The molecule has 0 bridgehead atoms. The number of carboxylic acids is 1. The van der Waals surface area contributed by atoms with Gasteiger partial charge in [-0.05, 0) is 18.9 Å². The first-order valence-electron chi connectivity index (χ1n) is 4.32. The van der Waals surface area contributed by atoms with E-state index in [2.05, 4.69) is 0 Å². The Bertz CT molecular complexity index is 317. The summed E-state index contributed by atoms with van der Waals surface area (Å²) in [5.74, 6) is -1.07. The summed E-state index contributed by atoms with van der Waals surface area (Å²) in [6, 6.07) is 3.67. The van der Waals surface area contributed by atoms with Gasteiger partial charge in [0.05, 0.1) is 12.1 Å². The maximum atomic E-state index is 10.7. The molecule has 0 saturated carbocycles. The van der Waals surface area contributed by atoms with E-state index in [1.807, 2.05) is 12.1 Å². The maximum Gasteiger partial charge on any atom is 0.331 e. The standard InChI is InChI=1S/C10H12N2O2/c1-3-8(9(13)14)5-10(4-2,6-11)7-12/h5H,3-4H2,1-2H3,(H,13,14). The molecule has 0 aliphatic heterocycles. The summed E-state index contributed by atoms with van der Waals surface area (Å²) in [7, 11) is 0. The highest BCUT2D eigenvalue weighted by molar-refractivity contribution is 5.86. The molecule has 0 aromatic rings. The molecule has 1 N–H and O–H groups in total. The Morgan fingerprint density at radius 1 is 1.43 bits per heavy atom. The Kier molecular flexibility index (Phi) is 4.38. The topological polar surface area (TPSA) is 84.9 Å². The van der Waals surface area contributed by atoms with Crippen LogP contribution in [0.15, 0.2) is 11.6 Å². The molecule has 0 aliphatic carbocycles. The number of hydrogen-bond acceptors (Lipinski definition) is 3. The average molecular weight is 192 g/mol. The average Bonchev–Trinajstić information content (AvgIpc) is 2.20. The van der Waals surface area contributed by atoms with Gasteiger partial charge in [0, 0.05) is 5.57 Å². The lowest BCUT2D eigenvalue weighted by molar-refractivity contribution is -0.132. The predicted molar refractivity (Wildman–Crippen MR) is 50.0 cm³/mol. The van der Waals surface area contributed by atoms with Gasteiger partial charge in [-0.25, -0.2) is 4.79 Å². The molecule has 0 heterocycles. The van der Waals surface area contributed by atoms with E-state index in [0.29, 0.717) is 6.42 Å². The van der Waals surface area contributed by atoms with Crippen molar-refractivity contribution in [1.29, 1.82) is 10.5 Å². The fourth-order valence-corrected chi connectivity index (χ4v) is 0.962. The van der Waals surface area contributed by atoms with E-state index in [4.69, 9.17) is 15.6 Å². The third-order valence-electron chi connectivity index (χ3n) is 2.03. The second kappa shape index (κ2) is 5.04. The molecule has 0 radical (unpaired) electrons. The van der Waals surface area contributed by atoms with Gasteiger partial charge in [-0.1, -0.05) is 13.8 Å². The molecule has 0 fully saturated rings. The Morgan fingerprint density at radius 2 is 1.93 bits per heavy atom. The van der Waals surface area contributed by atoms with Crippen LogP contribution in [0.4, 0.5) is 0 Å². The molecule has 0 aliphatic rings. The van der Waals surface area contributed by atoms with Crippen LogP contribution >= 0.6 is 0 Å². The van der Waals surface area contributed by atoms with Crippen LogP contribution in [0.2, 0.25) is 0 Å². The fourth-order valence-electron chi connectivity index (χ4n) is 0.962. The molecular weight excluding hydrogens is 180 g/mol. The van der Waals surface area contributed by atoms with E-state index < -0.39 is 11.4 Å². The quantitative estimate of drug-likeness (QED) is 0.689. The van der Waals surface area contributed by atoms with Crippen LogP contribution in [0.3, 0.4) is 0 Å². The highest BCUT2D eigenvalue weighted by atomic mass is 16.4. The molecule has 0 aromatic heterocycles. The molecule has 74 valence electrons. The van der Waals surface area contributed by atoms with Crippen molar-refractivity contribution in [2.75, 3.05) is 0 Å². The minimum atomic E-state index is -1.30. The highest BCUT2D eigenvalue weighted by Crippen LogP contribution is 2.24. The van der Waals surface area contributed by atoms with Crippen LogP contribution < -0.4 is 0 Å². The van der Waals surface area contributed by atoms with Crippen molar-refractivity contribution in [2.45, 2.75) is 26.7 Å². The van der Waals surface area contributed by atoms with Crippen molar-refractivity contribution in [3.05, 3.63) is 11.6 Å². The van der Waals surface area contributed by atoms with Crippen molar-refractivity contribution in [3.63, 3.8) is 0 Å². The van der Waals surface area contributed by atoms with Crippen molar-refractivity contribution >= 4 is 5.97 Å². The largest absolute Gasteiger partial charge is 0.478 e. The third-order valence-corrected chi connectivity index (χ3v) is 2.03. The molecule has 0 rings (SSSR count). The minimum Gasteiger partial charge on any atom is -0.478 e. The zero-order valence-corrected chi connectivity index (χ0v) is 8.24. The van der Waals surface area contributed by atoms with Crippen LogP contribution in [-0.4, -0.2) is 11.1 Å². The zero-order valence-electron chi connectivity index (χ0n) is 8.24. The summed E-state index contributed by atoms with van der Waals surface area (Å²) in [6.45, 7) is 3.35. The molecular formula is C10H12N2O2. The first-order valence-corrected chi connectivity index (χ1v) is 4.32. The predicted octanol–water partition coefficient (Wildman–Crippen LogP) is 1.85. The number of rotatable bonds is 4. The van der Waals surface area contributed by atoms with Crippen LogP contribution in [0.25, 0.3) is 0 Å². The number of nitrogens with zero attached hydrogens (tertiary/aromatic N) is 2. The van der Waals surface area contributed by atoms with Crippen molar-refractivity contribution in [3.8, 4) is 12.1 Å². The van der Waals surface area contributed by atoms with Gasteiger partial charge in [0.1, 0.15) is 0 Å². The molecule has 4 heteroatoms. The molecule has 4 nitrogen and oxygen atoms in total. The Morgan fingerprint density at radius 3 is 2.14 bits per heavy atom. The molecule has 0 aromatic carbocycles. The molecule has 14 heavy (non-hydrogen) atoms. The van der Waals surface area contributed by atoms with Gasteiger partial charge in [-0.2, -0.15) is 10.5 Å². The Labute approximate surface area is 83.1 Å². The molecule has 0 amide bonds. The number of carbonyl (C=O) groups is 1. The monoisotopic (exact) mass is 192 g/mol. The van der Waals surface area contributed by atoms with E-state index in [9.17, 15) is 4.79 Å². The lowest BCUT2D eigenvalue weighted by Gasteiger charge is -2.11. The lowest BCUT2D eigenvalue weighted by Crippen LogP contribution is -2.14. The van der Waals surface area contributed by atoms with Crippen LogP contribution in [0, 0.1) is 28.1 Å². The summed E-state index contributed by atoms with van der Waals surface area (Å²) in [5.41, 5.74) is -1.20. The van der Waals surface area contributed by atoms with E-state index in [1.165, 1.54) is 6.08 Å². The summed E-state index contributed by atoms with van der Waals surface area (Å²) in [4.78, 5) is 10.7. The van der Waals surface area contributed by atoms with Crippen LogP contribution in [0.1, 0.15) is 26.7 Å². The molecule has 0 unspecified atom stereocenters. The molecule has 0 spiro atoms. The van der Waals surface area contributed by atoms with Crippen molar-refractivity contribution < 1.29 is 9.90 Å². The normalized spacial score (nSPS) is 11.6. The second-order valence-electron chi connectivity index (χ2n) is 2.88. The van der Waals surface area contributed by atoms with Gasteiger partial charge < -0.3 is 5.11 Å². The van der Waals surface area contributed by atoms with Crippen LogP contribution in [0.5, 0.6) is 0 Å². The smallest absolute Gasteiger partial charge is 0.331 e. The van der Waals surface area contributed by atoms with E-state index >= 15 is 0 Å². The van der Waals surface area contributed by atoms with E-state index in [0.717, 1.165) is 0 Å². The molecule has 0 saturated heterocycles. The van der Waals surface area contributed by atoms with Crippen LogP contribution in [-0.2, 0) is 4.79 Å². The second-order valence-corrected chi connectivity index (χ2v) is 2.88. The van der Waals surface area contributed by atoms with Gasteiger partial charge in [0.25, 0.3) is 0 Å². The zero-order chi connectivity index (χ0) is 11.2. The summed E-state index contributed by atoms with van der Waals surface area (Å²) >= 11 is 0. The van der Waals surface area contributed by atoms with Crippen molar-refractivity contribution in [2.24, 2.45) is 5.41 Å².